The number of aromatic amines is 1. The molecule has 1 amide bonds. The number of thioether (sulfide) groups is 1. The Morgan fingerprint density at radius 1 is 1.11 bits per heavy atom. The fourth-order valence-electron chi connectivity index (χ4n) is 2.41. The van der Waals surface area contributed by atoms with Gasteiger partial charge in [-0.25, -0.2) is 4.98 Å². The second-order valence-electron chi connectivity index (χ2n) is 5.57. The summed E-state index contributed by atoms with van der Waals surface area (Å²) in [6, 6.07) is 15.1. The van der Waals surface area contributed by atoms with E-state index in [1.165, 1.54) is 11.8 Å². The van der Waals surface area contributed by atoms with Gasteiger partial charge in [0.05, 0.1) is 20.0 Å². The molecule has 0 fully saturated rings. The number of nitrogens with one attached hydrogen (secondary N) is 2. The number of hydrogen-bond acceptors (Lipinski definition) is 6. The zero-order chi connectivity index (χ0) is 19.1. The van der Waals surface area contributed by atoms with Crippen molar-refractivity contribution in [1.29, 1.82) is 0 Å². The molecule has 27 heavy (non-hydrogen) atoms. The van der Waals surface area contributed by atoms with E-state index in [1.807, 2.05) is 48.5 Å². The van der Waals surface area contributed by atoms with Crippen molar-refractivity contribution in [3.05, 3.63) is 54.1 Å². The molecule has 140 valence electrons. The van der Waals surface area contributed by atoms with Gasteiger partial charge in [-0.15, -0.1) is 5.10 Å². The molecule has 2 aromatic carbocycles. The highest BCUT2D eigenvalue weighted by molar-refractivity contribution is 7.99. The molecular formula is C19H20N4O3S. The van der Waals surface area contributed by atoms with E-state index in [9.17, 15) is 4.79 Å². The monoisotopic (exact) mass is 384 g/mol. The first-order valence-electron chi connectivity index (χ1n) is 8.28. The molecule has 7 nitrogen and oxygen atoms in total. The highest BCUT2D eigenvalue weighted by atomic mass is 32.2. The van der Waals surface area contributed by atoms with Crippen molar-refractivity contribution in [2.45, 2.75) is 11.7 Å². The number of para-hydroxylation sites is 1. The molecule has 0 aliphatic rings. The average Bonchev–Trinajstić information content (AvgIpc) is 3.20. The van der Waals surface area contributed by atoms with E-state index in [1.54, 1.807) is 14.2 Å². The lowest BCUT2D eigenvalue weighted by atomic mass is 10.2. The predicted octanol–water partition coefficient (Wildman–Crippen LogP) is 2.90. The van der Waals surface area contributed by atoms with Crippen molar-refractivity contribution in [2.75, 3.05) is 20.0 Å². The summed E-state index contributed by atoms with van der Waals surface area (Å²) in [5.41, 5.74) is 1.83. The summed E-state index contributed by atoms with van der Waals surface area (Å²) in [7, 11) is 3.23. The van der Waals surface area contributed by atoms with Crippen molar-refractivity contribution in [3.8, 4) is 22.9 Å². The molecule has 0 spiro atoms. The van der Waals surface area contributed by atoms with E-state index in [0.29, 0.717) is 17.5 Å². The van der Waals surface area contributed by atoms with Crippen molar-refractivity contribution >= 4 is 17.7 Å². The summed E-state index contributed by atoms with van der Waals surface area (Å²) in [6.07, 6.45) is 0. The number of carbonyl (C=O) groups is 1. The van der Waals surface area contributed by atoms with E-state index in [2.05, 4.69) is 20.5 Å². The van der Waals surface area contributed by atoms with Gasteiger partial charge in [0, 0.05) is 17.7 Å². The number of rotatable bonds is 8. The van der Waals surface area contributed by atoms with Crippen molar-refractivity contribution in [3.63, 3.8) is 0 Å². The van der Waals surface area contributed by atoms with Gasteiger partial charge in [-0.2, -0.15) is 0 Å². The summed E-state index contributed by atoms with van der Waals surface area (Å²) >= 11 is 1.28. The van der Waals surface area contributed by atoms with Crippen LogP contribution in [0.3, 0.4) is 0 Å². The maximum Gasteiger partial charge on any atom is 0.230 e. The molecule has 3 aromatic rings. The molecule has 0 unspecified atom stereocenters. The molecule has 0 radical (unpaired) electrons. The standard InChI is InChI=1S/C19H20N4O3S/c1-25-15-9-7-13(8-10-15)18-21-19(23-22-18)27-12-17(24)20-11-14-5-3-4-6-16(14)26-2/h3-10H,11-12H2,1-2H3,(H,20,24)(H,21,22,23). The first-order chi connectivity index (χ1) is 13.2. The lowest BCUT2D eigenvalue weighted by molar-refractivity contribution is -0.118. The van der Waals surface area contributed by atoms with Crippen LogP contribution < -0.4 is 14.8 Å². The third kappa shape index (κ3) is 5.01. The van der Waals surface area contributed by atoms with Crippen LogP contribution in [0.2, 0.25) is 0 Å². The quantitative estimate of drug-likeness (QED) is 0.581. The minimum absolute atomic E-state index is 0.0956. The Balaban J connectivity index is 1.51. The fourth-order valence-corrected chi connectivity index (χ4v) is 3.04. The molecule has 3 rings (SSSR count). The van der Waals surface area contributed by atoms with Gasteiger partial charge in [0.1, 0.15) is 11.5 Å². The van der Waals surface area contributed by atoms with Crippen molar-refractivity contribution in [2.24, 2.45) is 0 Å². The molecule has 0 aliphatic heterocycles. The van der Waals surface area contributed by atoms with Gasteiger partial charge in [-0.05, 0) is 30.3 Å². The van der Waals surface area contributed by atoms with Crippen LogP contribution in [0.15, 0.2) is 53.7 Å². The fraction of sp³-hybridized carbons (Fsp3) is 0.211. The van der Waals surface area contributed by atoms with E-state index in [0.717, 1.165) is 22.6 Å². The highest BCUT2D eigenvalue weighted by Crippen LogP contribution is 2.22. The van der Waals surface area contributed by atoms with Crippen LogP contribution in [0, 0.1) is 0 Å². The van der Waals surface area contributed by atoms with Crippen LogP contribution in [-0.4, -0.2) is 41.1 Å². The summed E-state index contributed by atoms with van der Waals surface area (Å²) in [6.45, 7) is 0.411. The summed E-state index contributed by atoms with van der Waals surface area (Å²) in [5.74, 6) is 2.31. The van der Waals surface area contributed by atoms with Gasteiger partial charge in [0.25, 0.3) is 0 Å². The van der Waals surface area contributed by atoms with E-state index in [-0.39, 0.29) is 11.7 Å². The molecule has 1 heterocycles. The van der Waals surface area contributed by atoms with E-state index >= 15 is 0 Å². The zero-order valence-electron chi connectivity index (χ0n) is 15.1. The summed E-state index contributed by atoms with van der Waals surface area (Å²) in [4.78, 5) is 16.5. The van der Waals surface area contributed by atoms with Crippen LogP contribution >= 0.6 is 11.8 Å². The molecule has 1 aromatic heterocycles. The summed E-state index contributed by atoms with van der Waals surface area (Å²) in [5, 5.41) is 10.4. The number of H-pyrrole nitrogens is 1. The SMILES string of the molecule is COc1ccc(-c2nc(SCC(=O)NCc3ccccc3OC)n[nH]2)cc1. The Morgan fingerprint density at radius 2 is 1.89 bits per heavy atom. The Morgan fingerprint density at radius 3 is 2.63 bits per heavy atom. The molecule has 0 saturated carbocycles. The number of aromatic nitrogens is 3. The van der Waals surface area contributed by atoms with Gasteiger partial charge in [-0.3, -0.25) is 9.89 Å². The Labute approximate surface area is 161 Å². The lowest BCUT2D eigenvalue weighted by Crippen LogP contribution is -2.24. The Kier molecular flexibility index (Phi) is 6.32. The zero-order valence-corrected chi connectivity index (χ0v) is 15.9. The average molecular weight is 384 g/mol. The molecular weight excluding hydrogens is 364 g/mol. The Hall–Kier alpha value is -3.00. The van der Waals surface area contributed by atoms with Crippen LogP contribution in [0.25, 0.3) is 11.4 Å². The van der Waals surface area contributed by atoms with Crippen LogP contribution in [0.5, 0.6) is 11.5 Å². The number of methoxy groups -OCH3 is 2. The largest absolute Gasteiger partial charge is 0.497 e. The smallest absolute Gasteiger partial charge is 0.230 e. The van der Waals surface area contributed by atoms with Crippen molar-refractivity contribution < 1.29 is 14.3 Å². The number of hydrogen-bond donors (Lipinski definition) is 2. The van der Waals surface area contributed by atoms with Gasteiger partial charge in [0.15, 0.2) is 5.82 Å². The van der Waals surface area contributed by atoms with Crippen LogP contribution in [-0.2, 0) is 11.3 Å². The number of amides is 1. The van der Waals surface area contributed by atoms with Gasteiger partial charge < -0.3 is 14.8 Å². The molecule has 0 saturated heterocycles. The maximum atomic E-state index is 12.1. The van der Waals surface area contributed by atoms with Gasteiger partial charge >= 0.3 is 0 Å². The topological polar surface area (TPSA) is 89.1 Å². The first kappa shape index (κ1) is 18.8. The molecule has 0 atom stereocenters. The maximum absolute atomic E-state index is 12.1. The van der Waals surface area contributed by atoms with Crippen molar-refractivity contribution in [1.82, 2.24) is 20.5 Å². The minimum Gasteiger partial charge on any atom is -0.497 e. The number of benzene rings is 2. The predicted molar refractivity (Wildman–Crippen MR) is 104 cm³/mol. The summed E-state index contributed by atoms with van der Waals surface area (Å²) < 4.78 is 10.4. The molecule has 2 N–H and O–H groups in total. The third-order valence-corrected chi connectivity index (χ3v) is 4.68. The number of nitrogens with zero attached hydrogens (tertiary/aromatic N) is 2. The molecule has 0 bridgehead atoms. The first-order valence-corrected chi connectivity index (χ1v) is 9.26. The van der Waals surface area contributed by atoms with Crippen LogP contribution in [0.4, 0.5) is 0 Å². The van der Waals surface area contributed by atoms with E-state index in [4.69, 9.17) is 9.47 Å². The Bertz CT molecular complexity index is 896. The van der Waals surface area contributed by atoms with Crippen LogP contribution in [0.1, 0.15) is 5.56 Å². The second-order valence-corrected chi connectivity index (χ2v) is 6.51. The second kappa shape index (κ2) is 9.09. The van der Waals surface area contributed by atoms with E-state index < -0.39 is 0 Å². The molecule has 0 aliphatic carbocycles. The minimum atomic E-state index is -0.0956. The lowest BCUT2D eigenvalue weighted by Gasteiger charge is -2.08. The highest BCUT2D eigenvalue weighted by Gasteiger charge is 2.10. The molecule has 8 heteroatoms. The van der Waals surface area contributed by atoms with Gasteiger partial charge in [0.2, 0.25) is 11.1 Å². The third-order valence-electron chi connectivity index (χ3n) is 3.83. The number of carbonyl (C=O) groups excluding carboxylic acids is 1. The van der Waals surface area contributed by atoms with Gasteiger partial charge in [-0.1, -0.05) is 30.0 Å². The number of ether oxygens (including phenoxy) is 2. The normalized spacial score (nSPS) is 10.4.